The van der Waals surface area contributed by atoms with Crippen LogP contribution in [0.25, 0.3) is 0 Å². The molecule has 1 saturated heterocycles. The van der Waals surface area contributed by atoms with Crippen LogP contribution in [0.2, 0.25) is 0 Å². The molecule has 2 amide bonds. The molecule has 0 unspecified atom stereocenters. The Labute approximate surface area is 167 Å². The van der Waals surface area contributed by atoms with E-state index in [4.69, 9.17) is 0 Å². The molecule has 0 aromatic heterocycles. The van der Waals surface area contributed by atoms with Gasteiger partial charge in [-0.05, 0) is 62.4 Å². The molecular formula is C23H29N3O2. The molecule has 1 aliphatic rings. The number of hydrogen-bond donors (Lipinski definition) is 2. The number of nitrogens with zero attached hydrogens (tertiary/aromatic N) is 1. The largest absolute Gasteiger partial charge is 0.348 e. The maximum absolute atomic E-state index is 12.1. The predicted octanol–water partition coefficient (Wildman–Crippen LogP) is 3.00. The van der Waals surface area contributed by atoms with Crippen LogP contribution in [0.4, 0.5) is 5.69 Å². The van der Waals surface area contributed by atoms with E-state index < -0.39 is 11.8 Å². The lowest BCUT2D eigenvalue weighted by Gasteiger charge is -2.32. The minimum Gasteiger partial charge on any atom is -0.348 e. The van der Waals surface area contributed by atoms with Crippen LogP contribution in [0, 0.1) is 12.8 Å². The number of amides is 2. The van der Waals surface area contributed by atoms with E-state index >= 15 is 0 Å². The zero-order valence-corrected chi connectivity index (χ0v) is 16.5. The molecule has 148 valence electrons. The molecule has 0 radical (unpaired) electrons. The molecule has 0 atom stereocenters. The zero-order chi connectivity index (χ0) is 19.8. The number of carbonyl (C=O) groups excluding carboxylic acids is 2. The second-order valence-electron chi connectivity index (χ2n) is 7.50. The monoisotopic (exact) mass is 379 g/mol. The highest BCUT2D eigenvalue weighted by Crippen LogP contribution is 2.17. The Hall–Kier alpha value is -2.66. The number of nitrogens with one attached hydrogen (secondary N) is 2. The lowest BCUT2D eigenvalue weighted by Crippen LogP contribution is -2.42. The molecular weight excluding hydrogens is 350 g/mol. The number of hydrogen-bond acceptors (Lipinski definition) is 3. The minimum absolute atomic E-state index is 0.434. The summed E-state index contributed by atoms with van der Waals surface area (Å²) in [6, 6.07) is 18.0. The van der Waals surface area contributed by atoms with Crippen LogP contribution < -0.4 is 10.6 Å². The number of benzene rings is 2. The van der Waals surface area contributed by atoms with Gasteiger partial charge >= 0.3 is 11.8 Å². The van der Waals surface area contributed by atoms with Crippen LogP contribution in [0.5, 0.6) is 0 Å². The van der Waals surface area contributed by atoms with Crippen molar-refractivity contribution in [3.8, 4) is 0 Å². The number of rotatable bonds is 6. The van der Waals surface area contributed by atoms with Crippen LogP contribution in [0.1, 0.15) is 24.0 Å². The Kier molecular flexibility index (Phi) is 7.20. The third-order valence-corrected chi connectivity index (χ3v) is 5.42. The van der Waals surface area contributed by atoms with E-state index in [1.54, 1.807) is 6.07 Å². The van der Waals surface area contributed by atoms with Gasteiger partial charge in [-0.25, -0.2) is 0 Å². The summed E-state index contributed by atoms with van der Waals surface area (Å²) in [5, 5.41) is 5.47. The molecule has 28 heavy (non-hydrogen) atoms. The topological polar surface area (TPSA) is 61.4 Å². The number of likely N-dealkylation sites (tertiary alicyclic amines) is 1. The van der Waals surface area contributed by atoms with Gasteiger partial charge in [0.1, 0.15) is 0 Å². The summed E-state index contributed by atoms with van der Waals surface area (Å²) >= 11 is 0. The number of anilines is 1. The molecule has 1 fully saturated rings. The quantitative estimate of drug-likeness (QED) is 0.759. The third kappa shape index (κ3) is 5.92. The van der Waals surface area contributed by atoms with E-state index in [2.05, 4.69) is 39.8 Å². The molecule has 2 N–H and O–H groups in total. The molecule has 5 nitrogen and oxygen atoms in total. The number of piperidine rings is 1. The summed E-state index contributed by atoms with van der Waals surface area (Å²) in [7, 11) is 0. The highest BCUT2D eigenvalue weighted by Gasteiger charge is 2.21. The average Bonchev–Trinajstić information content (AvgIpc) is 2.73. The standard InChI is InChI=1S/C23H29N3O2/c1-18-7-5-6-10-21(18)25-23(28)22(27)24-17-20-12-15-26(16-13-20)14-11-19-8-3-2-4-9-19/h2-10,20H,11-17H2,1H3,(H,24,27)(H,25,28). The maximum Gasteiger partial charge on any atom is 0.313 e. The Bertz CT molecular complexity index is 783. The van der Waals surface area contributed by atoms with Gasteiger partial charge < -0.3 is 15.5 Å². The fraction of sp³-hybridized carbons (Fsp3) is 0.391. The number of para-hydroxylation sites is 1. The second-order valence-corrected chi connectivity index (χ2v) is 7.50. The van der Waals surface area contributed by atoms with Crippen LogP contribution in [-0.2, 0) is 16.0 Å². The summed E-state index contributed by atoms with van der Waals surface area (Å²) in [5.41, 5.74) is 2.98. The third-order valence-electron chi connectivity index (χ3n) is 5.42. The first-order valence-electron chi connectivity index (χ1n) is 10.0. The fourth-order valence-corrected chi connectivity index (χ4v) is 3.56. The van der Waals surface area contributed by atoms with Crippen molar-refractivity contribution >= 4 is 17.5 Å². The lowest BCUT2D eigenvalue weighted by atomic mass is 9.96. The first kappa shape index (κ1) is 20.1. The average molecular weight is 380 g/mol. The summed E-state index contributed by atoms with van der Waals surface area (Å²) in [4.78, 5) is 26.7. The van der Waals surface area contributed by atoms with Gasteiger partial charge in [-0.1, -0.05) is 48.5 Å². The van der Waals surface area contributed by atoms with Crippen molar-refractivity contribution in [1.29, 1.82) is 0 Å². The molecule has 0 aliphatic carbocycles. The Morgan fingerprint density at radius 2 is 1.64 bits per heavy atom. The molecule has 3 rings (SSSR count). The van der Waals surface area contributed by atoms with Gasteiger partial charge in [0.05, 0.1) is 0 Å². The van der Waals surface area contributed by atoms with E-state index in [1.807, 2.05) is 31.2 Å². The Morgan fingerprint density at radius 1 is 0.964 bits per heavy atom. The van der Waals surface area contributed by atoms with Gasteiger partial charge in [-0.15, -0.1) is 0 Å². The lowest BCUT2D eigenvalue weighted by molar-refractivity contribution is -0.136. The SMILES string of the molecule is Cc1ccccc1NC(=O)C(=O)NCC1CCN(CCc2ccccc2)CC1. The number of aryl methyl sites for hydroxylation is 1. The summed E-state index contributed by atoms with van der Waals surface area (Å²) in [6.45, 7) is 5.62. The second kappa shape index (κ2) is 10.0. The van der Waals surface area contributed by atoms with Crippen LogP contribution >= 0.6 is 0 Å². The van der Waals surface area contributed by atoms with Crippen molar-refractivity contribution in [2.24, 2.45) is 5.92 Å². The van der Waals surface area contributed by atoms with Crippen molar-refractivity contribution in [2.75, 3.05) is 31.5 Å². The van der Waals surface area contributed by atoms with Crippen molar-refractivity contribution in [1.82, 2.24) is 10.2 Å². The van der Waals surface area contributed by atoms with Gasteiger partial charge in [-0.3, -0.25) is 9.59 Å². The smallest absolute Gasteiger partial charge is 0.313 e. The van der Waals surface area contributed by atoms with Gasteiger partial charge in [0.15, 0.2) is 0 Å². The molecule has 0 saturated carbocycles. The highest BCUT2D eigenvalue weighted by atomic mass is 16.2. The molecule has 0 spiro atoms. The van der Waals surface area contributed by atoms with Crippen molar-refractivity contribution in [3.05, 3.63) is 65.7 Å². The van der Waals surface area contributed by atoms with E-state index in [1.165, 1.54) is 5.56 Å². The summed E-state index contributed by atoms with van der Waals surface area (Å²) < 4.78 is 0. The fourth-order valence-electron chi connectivity index (χ4n) is 3.56. The summed E-state index contributed by atoms with van der Waals surface area (Å²) in [5.74, 6) is -0.729. The van der Waals surface area contributed by atoms with Gasteiger partial charge in [0.2, 0.25) is 0 Å². The summed E-state index contributed by atoms with van der Waals surface area (Å²) in [6.07, 6.45) is 3.17. The minimum atomic E-state index is -0.602. The van der Waals surface area contributed by atoms with E-state index in [0.717, 1.165) is 44.5 Å². The van der Waals surface area contributed by atoms with Crippen molar-refractivity contribution in [3.63, 3.8) is 0 Å². The van der Waals surface area contributed by atoms with Crippen molar-refractivity contribution in [2.45, 2.75) is 26.2 Å². The molecule has 2 aromatic carbocycles. The molecule has 5 heteroatoms. The normalized spacial score (nSPS) is 15.2. The van der Waals surface area contributed by atoms with Crippen LogP contribution in [0.15, 0.2) is 54.6 Å². The maximum atomic E-state index is 12.1. The van der Waals surface area contributed by atoms with E-state index in [9.17, 15) is 9.59 Å². The van der Waals surface area contributed by atoms with Crippen molar-refractivity contribution < 1.29 is 9.59 Å². The van der Waals surface area contributed by atoms with Gasteiger partial charge in [0, 0.05) is 18.8 Å². The molecule has 2 aromatic rings. The first-order valence-corrected chi connectivity index (χ1v) is 10.0. The van der Waals surface area contributed by atoms with Gasteiger partial charge in [-0.2, -0.15) is 0 Å². The van der Waals surface area contributed by atoms with Crippen LogP contribution in [-0.4, -0.2) is 42.9 Å². The van der Waals surface area contributed by atoms with Crippen LogP contribution in [0.3, 0.4) is 0 Å². The molecule has 1 aliphatic heterocycles. The molecule has 0 bridgehead atoms. The Morgan fingerprint density at radius 3 is 2.36 bits per heavy atom. The Balaban J connectivity index is 1.35. The predicted molar refractivity (Wildman–Crippen MR) is 112 cm³/mol. The highest BCUT2D eigenvalue weighted by molar-refractivity contribution is 6.39. The van der Waals surface area contributed by atoms with E-state index in [0.29, 0.717) is 18.2 Å². The zero-order valence-electron chi connectivity index (χ0n) is 16.5. The number of carbonyl (C=O) groups is 2. The van der Waals surface area contributed by atoms with Gasteiger partial charge in [0.25, 0.3) is 0 Å². The van der Waals surface area contributed by atoms with E-state index in [-0.39, 0.29) is 0 Å². The molecule has 1 heterocycles. The first-order chi connectivity index (χ1) is 13.6.